The first-order chi connectivity index (χ1) is 9.11. The average Bonchev–Trinajstić information content (AvgIpc) is 2.41. The Hall–Kier alpha value is -2.58. The van der Waals surface area contributed by atoms with E-state index >= 15 is 0 Å². The van der Waals surface area contributed by atoms with Crippen LogP contribution in [0.5, 0.6) is 11.5 Å². The molecule has 0 spiro atoms. The largest absolute Gasteiger partial charge is 0.454 e. The molecule has 19 heavy (non-hydrogen) atoms. The third-order valence-electron chi connectivity index (χ3n) is 2.35. The molecule has 2 aromatic carbocycles. The van der Waals surface area contributed by atoms with Crippen LogP contribution in [0.15, 0.2) is 42.5 Å². The number of halogens is 1. The van der Waals surface area contributed by atoms with Gasteiger partial charge in [-0.15, -0.1) is 0 Å². The van der Waals surface area contributed by atoms with Crippen LogP contribution in [-0.4, -0.2) is 4.92 Å². The van der Waals surface area contributed by atoms with E-state index in [0.29, 0.717) is 11.3 Å². The van der Waals surface area contributed by atoms with Gasteiger partial charge in [0, 0.05) is 12.1 Å². The van der Waals surface area contributed by atoms with Crippen molar-refractivity contribution in [2.45, 2.75) is 0 Å². The lowest BCUT2D eigenvalue weighted by Gasteiger charge is -2.08. The molecule has 0 radical (unpaired) electrons. The first-order valence-corrected chi connectivity index (χ1v) is 5.60. The van der Waals surface area contributed by atoms with Gasteiger partial charge in [-0.3, -0.25) is 10.1 Å². The highest BCUT2D eigenvalue weighted by Gasteiger charge is 2.12. The van der Waals surface area contributed by atoms with E-state index in [1.807, 2.05) is 6.07 Å². The maximum atomic E-state index is 10.6. The molecule has 5 nitrogen and oxygen atoms in total. The second-order valence-corrected chi connectivity index (χ2v) is 3.99. The van der Waals surface area contributed by atoms with Crippen molar-refractivity contribution in [3.05, 3.63) is 63.2 Å². The lowest BCUT2D eigenvalue weighted by atomic mass is 10.2. The first kappa shape index (κ1) is 12.9. The molecule has 0 aliphatic rings. The summed E-state index contributed by atoms with van der Waals surface area (Å²) in [6.07, 6.45) is 0. The predicted octanol–water partition coefficient (Wildman–Crippen LogP) is 3.91. The number of para-hydroxylation sites is 1. The van der Waals surface area contributed by atoms with E-state index < -0.39 is 4.92 Å². The molecule has 6 heteroatoms. The summed E-state index contributed by atoms with van der Waals surface area (Å²) in [6, 6.07) is 12.5. The van der Waals surface area contributed by atoms with Crippen molar-refractivity contribution < 1.29 is 9.66 Å². The Labute approximate surface area is 113 Å². The topological polar surface area (TPSA) is 76.2 Å². The molecule has 0 N–H and O–H groups in total. The van der Waals surface area contributed by atoms with Crippen LogP contribution in [0.3, 0.4) is 0 Å². The molecule has 0 saturated carbocycles. The Morgan fingerprint density at radius 2 is 1.95 bits per heavy atom. The van der Waals surface area contributed by atoms with Crippen molar-refractivity contribution in [3.8, 4) is 17.6 Å². The quantitative estimate of drug-likeness (QED) is 0.628. The minimum Gasteiger partial charge on any atom is -0.454 e. The maximum absolute atomic E-state index is 10.6. The van der Waals surface area contributed by atoms with Gasteiger partial charge in [0.15, 0.2) is 0 Å². The number of nitro benzene ring substituents is 1. The summed E-state index contributed by atoms with van der Waals surface area (Å²) in [5, 5.41) is 19.6. The summed E-state index contributed by atoms with van der Waals surface area (Å²) in [4.78, 5) is 10.0. The zero-order chi connectivity index (χ0) is 13.8. The molecule has 0 bridgehead atoms. The molecule has 2 aromatic rings. The SMILES string of the molecule is N#Cc1ccccc1Oc1ccc([N+](=O)[O-])cc1Cl. The lowest BCUT2D eigenvalue weighted by molar-refractivity contribution is -0.384. The van der Waals surface area contributed by atoms with Gasteiger partial charge >= 0.3 is 0 Å². The molecule has 0 fully saturated rings. The first-order valence-electron chi connectivity index (χ1n) is 5.22. The van der Waals surface area contributed by atoms with E-state index in [-0.39, 0.29) is 16.5 Å². The third-order valence-corrected chi connectivity index (χ3v) is 2.65. The fourth-order valence-corrected chi connectivity index (χ4v) is 1.67. The molecule has 2 rings (SSSR count). The maximum Gasteiger partial charge on any atom is 0.271 e. The van der Waals surface area contributed by atoms with Crippen LogP contribution in [0.4, 0.5) is 5.69 Å². The second kappa shape index (κ2) is 5.38. The molecule has 0 amide bonds. The van der Waals surface area contributed by atoms with Crippen LogP contribution in [0.2, 0.25) is 5.02 Å². The van der Waals surface area contributed by atoms with Gasteiger partial charge in [0.25, 0.3) is 5.69 Å². The van der Waals surface area contributed by atoms with Crippen LogP contribution in [-0.2, 0) is 0 Å². The number of nitrogens with zero attached hydrogens (tertiary/aromatic N) is 2. The molecule has 0 atom stereocenters. The predicted molar refractivity (Wildman–Crippen MR) is 69.3 cm³/mol. The number of hydrogen-bond donors (Lipinski definition) is 0. The van der Waals surface area contributed by atoms with E-state index in [2.05, 4.69) is 0 Å². The van der Waals surface area contributed by atoms with Gasteiger partial charge in [0.1, 0.15) is 17.6 Å². The fraction of sp³-hybridized carbons (Fsp3) is 0. The number of nitro groups is 1. The van der Waals surface area contributed by atoms with Crippen molar-refractivity contribution in [3.63, 3.8) is 0 Å². The zero-order valence-electron chi connectivity index (χ0n) is 9.54. The van der Waals surface area contributed by atoms with Gasteiger partial charge in [-0.05, 0) is 18.2 Å². The summed E-state index contributed by atoms with van der Waals surface area (Å²) in [7, 11) is 0. The summed E-state index contributed by atoms with van der Waals surface area (Å²) in [5.41, 5.74) is 0.239. The number of rotatable bonds is 3. The highest BCUT2D eigenvalue weighted by Crippen LogP contribution is 2.33. The highest BCUT2D eigenvalue weighted by atomic mass is 35.5. The zero-order valence-corrected chi connectivity index (χ0v) is 10.3. The summed E-state index contributed by atoms with van der Waals surface area (Å²) in [5.74, 6) is 0.607. The van der Waals surface area contributed by atoms with Crippen LogP contribution in [0.1, 0.15) is 5.56 Å². The Kier molecular flexibility index (Phi) is 3.64. The van der Waals surface area contributed by atoms with Crippen molar-refractivity contribution in [2.75, 3.05) is 0 Å². The van der Waals surface area contributed by atoms with E-state index in [1.54, 1.807) is 24.3 Å². The molecule has 0 saturated heterocycles. The van der Waals surface area contributed by atoms with Crippen molar-refractivity contribution in [2.24, 2.45) is 0 Å². The Morgan fingerprint density at radius 1 is 1.21 bits per heavy atom. The monoisotopic (exact) mass is 274 g/mol. The van der Waals surface area contributed by atoms with Crippen molar-refractivity contribution >= 4 is 17.3 Å². The van der Waals surface area contributed by atoms with Gasteiger partial charge in [0.2, 0.25) is 0 Å². The normalized spacial score (nSPS) is 9.68. The van der Waals surface area contributed by atoms with Crippen molar-refractivity contribution in [1.29, 1.82) is 5.26 Å². The molecule has 0 unspecified atom stereocenters. The third kappa shape index (κ3) is 2.81. The standard InChI is InChI=1S/C13H7ClN2O3/c14-11-7-10(16(17)18)5-6-13(11)19-12-4-2-1-3-9(12)8-15/h1-7H. The molecular formula is C13H7ClN2O3. The van der Waals surface area contributed by atoms with E-state index in [0.717, 1.165) is 0 Å². The number of non-ortho nitro benzene ring substituents is 1. The van der Waals surface area contributed by atoms with Crippen LogP contribution in [0, 0.1) is 21.4 Å². The minimum absolute atomic E-state index is 0.113. The van der Waals surface area contributed by atoms with Gasteiger partial charge in [0.05, 0.1) is 15.5 Å². The van der Waals surface area contributed by atoms with Gasteiger partial charge in [-0.25, -0.2) is 0 Å². The minimum atomic E-state index is -0.543. The van der Waals surface area contributed by atoms with Gasteiger partial charge in [-0.2, -0.15) is 5.26 Å². The summed E-state index contributed by atoms with van der Waals surface area (Å²) in [6.45, 7) is 0. The number of ether oxygens (including phenoxy) is 1. The lowest BCUT2D eigenvalue weighted by Crippen LogP contribution is -1.91. The average molecular weight is 275 g/mol. The van der Waals surface area contributed by atoms with Gasteiger partial charge < -0.3 is 4.74 Å². The summed E-state index contributed by atoms with van der Waals surface area (Å²) >= 11 is 5.91. The number of hydrogen-bond acceptors (Lipinski definition) is 4. The number of nitriles is 1. The fourth-order valence-electron chi connectivity index (χ4n) is 1.45. The van der Waals surface area contributed by atoms with E-state index in [1.165, 1.54) is 18.2 Å². The molecule has 0 aliphatic heterocycles. The van der Waals surface area contributed by atoms with Crippen molar-refractivity contribution in [1.82, 2.24) is 0 Å². The smallest absolute Gasteiger partial charge is 0.271 e. The molecule has 94 valence electrons. The van der Waals surface area contributed by atoms with Gasteiger partial charge in [-0.1, -0.05) is 23.7 Å². The number of benzene rings is 2. The molecule has 0 aliphatic carbocycles. The summed E-state index contributed by atoms with van der Waals surface area (Å²) < 4.78 is 5.49. The van der Waals surface area contributed by atoms with E-state index in [9.17, 15) is 10.1 Å². The highest BCUT2D eigenvalue weighted by molar-refractivity contribution is 6.32. The van der Waals surface area contributed by atoms with Crippen LogP contribution < -0.4 is 4.74 Å². The Morgan fingerprint density at radius 3 is 2.58 bits per heavy atom. The Balaban J connectivity index is 2.34. The molecule has 0 heterocycles. The molecule has 0 aromatic heterocycles. The van der Waals surface area contributed by atoms with Crippen LogP contribution in [0.25, 0.3) is 0 Å². The van der Waals surface area contributed by atoms with Crippen LogP contribution >= 0.6 is 11.6 Å². The Bertz CT molecular complexity index is 680. The van der Waals surface area contributed by atoms with E-state index in [4.69, 9.17) is 21.6 Å². The molecular weight excluding hydrogens is 268 g/mol. The second-order valence-electron chi connectivity index (χ2n) is 3.58.